The molecule has 0 saturated heterocycles. The molecule has 0 unspecified atom stereocenters. The molecule has 0 fully saturated rings. The molecular weight excluding hydrogens is 450 g/mol. The van der Waals surface area contributed by atoms with Gasteiger partial charge in [-0.05, 0) is 36.8 Å². The first kappa shape index (κ1) is 19.5. The van der Waals surface area contributed by atoms with Crippen molar-refractivity contribution in [1.82, 2.24) is 15.3 Å². The second-order valence-corrected chi connectivity index (χ2v) is 8.54. The number of carbonyl (C=O) groups is 1. The van der Waals surface area contributed by atoms with E-state index in [4.69, 9.17) is 4.98 Å². The summed E-state index contributed by atoms with van der Waals surface area (Å²) in [6.45, 7) is 2.51. The normalized spacial score (nSPS) is 11.2. The summed E-state index contributed by atoms with van der Waals surface area (Å²) in [5.41, 5.74) is 6.30. The zero-order valence-electron chi connectivity index (χ0n) is 16.9. The van der Waals surface area contributed by atoms with Crippen molar-refractivity contribution in [3.63, 3.8) is 0 Å². The molecule has 0 aliphatic carbocycles. The Morgan fingerprint density at radius 3 is 2.58 bits per heavy atom. The maximum absolute atomic E-state index is 13.0. The minimum Gasteiger partial charge on any atom is -0.353 e. The van der Waals surface area contributed by atoms with Crippen molar-refractivity contribution >= 4 is 43.6 Å². The van der Waals surface area contributed by atoms with Gasteiger partial charge in [-0.25, -0.2) is 4.98 Å². The molecule has 3 aromatic carbocycles. The number of nitrogens with one attached hydrogen (secondary N) is 2. The molecule has 5 heteroatoms. The SMILES string of the molecule is Cc1ccc(CNC(=O)c2cc3c([nH]c4ccccc43)c(-c3cccc(Br)c3)n2)cc1. The highest BCUT2D eigenvalue weighted by Crippen LogP contribution is 2.33. The Kier molecular flexibility index (Phi) is 5.04. The van der Waals surface area contributed by atoms with Gasteiger partial charge in [-0.3, -0.25) is 4.79 Å². The van der Waals surface area contributed by atoms with Gasteiger partial charge in [0.1, 0.15) is 5.69 Å². The number of aromatic amines is 1. The van der Waals surface area contributed by atoms with Crippen molar-refractivity contribution < 1.29 is 4.79 Å². The van der Waals surface area contributed by atoms with Crippen LogP contribution in [0.5, 0.6) is 0 Å². The van der Waals surface area contributed by atoms with Gasteiger partial charge in [-0.1, -0.05) is 76.1 Å². The fourth-order valence-electron chi connectivity index (χ4n) is 3.79. The molecule has 31 heavy (non-hydrogen) atoms. The van der Waals surface area contributed by atoms with Crippen LogP contribution in [0.25, 0.3) is 33.1 Å². The largest absolute Gasteiger partial charge is 0.353 e. The van der Waals surface area contributed by atoms with Gasteiger partial charge in [-0.15, -0.1) is 0 Å². The van der Waals surface area contributed by atoms with E-state index in [9.17, 15) is 4.79 Å². The molecule has 2 aromatic heterocycles. The molecule has 0 radical (unpaired) electrons. The van der Waals surface area contributed by atoms with Gasteiger partial charge < -0.3 is 10.3 Å². The molecule has 4 nitrogen and oxygen atoms in total. The summed E-state index contributed by atoms with van der Waals surface area (Å²) in [5, 5.41) is 5.07. The number of pyridine rings is 1. The number of aryl methyl sites for hydroxylation is 1. The van der Waals surface area contributed by atoms with E-state index in [1.807, 2.05) is 79.7 Å². The number of rotatable bonds is 4. The van der Waals surface area contributed by atoms with Gasteiger partial charge >= 0.3 is 0 Å². The Morgan fingerprint density at radius 1 is 0.968 bits per heavy atom. The van der Waals surface area contributed by atoms with Gasteiger partial charge in [0.05, 0.1) is 11.2 Å². The van der Waals surface area contributed by atoms with E-state index in [-0.39, 0.29) is 5.91 Å². The van der Waals surface area contributed by atoms with Crippen molar-refractivity contribution in [2.24, 2.45) is 0 Å². The van der Waals surface area contributed by atoms with Gasteiger partial charge in [0, 0.05) is 32.9 Å². The molecule has 0 atom stereocenters. The fraction of sp³-hybridized carbons (Fsp3) is 0.0769. The first-order valence-corrected chi connectivity index (χ1v) is 10.9. The summed E-state index contributed by atoms with van der Waals surface area (Å²) in [5.74, 6) is -0.191. The second kappa shape index (κ2) is 8.00. The van der Waals surface area contributed by atoms with Crippen molar-refractivity contribution in [2.75, 3.05) is 0 Å². The first-order chi connectivity index (χ1) is 15.1. The summed E-state index contributed by atoms with van der Waals surface area (Å²) in [6, 6.07) is 26.1. The van der Waals surface area contributed by atoms with E-state index in [1.54, 1.807) is 0 Å². The lowest BCUT2D eigenvalue weighted by molar-refractivity contribution is 0.0946. The van der Waals surface area contributed by atoms with E-state index in [1.165, 1.54) is 5.56 Å². The van der Waals surface area contributed by atoms with Crippen LogP contribution in [0.3, 0.4) is 0 Å². The highest BCUT2D eigenvalue weighted by molar-refractivity contribution is 9.10. The monoisotopic (exact) mass is 469 g/mol. The van der Waals surface area contributed by atoms with E-state index in [0.29, 0.717) is 12.2 Å². The Balaban J connectivity index is 1.60. The first-order valence-electron chi connectivity index (χ1n) is 10.1. The minimum absolute atomic E-state index is 0.191. The standard InChI is InChI=1S/C26H20BrN3O/c1-16-9-11-17(12-10-16)15-28-26(31)23-14-21-20-7-2-3-8-22(20)29-25(21)24(30-23)18-5-4-6-19(27)13-18/h2-14,29H,15H2,1H3,(H,28,31). The number of carbonyl (C=O) groups excluding carboxylic acids is 1. The number of fused-ring (bicyclic) bond motifs is 3. The molecular formula is C26H20BrN3O. The number of amides is 1. The Hall–Kier alpha value is -3.44. The van der Waals surface area contributed by atoms with Gasteiger partial charge in [0.25, 0.3) is 5.91 Å². The predicted molar refractivity (Wildman–Crippen MR) is 129 cm³/mol. The lowest BCUT2D eigenvalue weighted by Gasteiger charge is -2.09. The zero-order chi connectivity index (χ0) is 21.4. The number of aromatic nitrogens is 2. The number of nitrogens with zero attached hydrogens (tertiary/aromatic N) is 1. The zero-order valence-corrected chi connectivity index (χ0v) is 18.5. The Bertz CT molecular complexity index is 1420. The number of hydrogen-bond donors (Lipinski definition) is 2. The summed E-state index contributed by atoms with van der Waals surface area (Å²) in [7, 11) is 0. The number of hydrogen-bond acceptors (Lipinski definition) is 2. The number of H-pyrrole nitrogens is 1. The molecule has 5 aromatic rings. The molecule has 0 saturated carbocycles. The Labute approximate surface area is 188 Å². The van der Waals surface area contributed by atoms with Crippen LogP contribution in [0, 0.1) is 6.92 Å². The number of para-hydroxylation sites is 1. The highest BCUT2D eigenvalue weighted by Gasteiger charge is 2.17. The van der Waals surface area contributed by atoms with Crippen LogP contribution in [-0.2, 0) is 6.54 Å². The molecule has 0 bridgehead atoms. The van der Waals surface area contributed by atoms with Crippen LogP contribution in [0.4, 0.5) is 0 Å². The van der Waals surface area contributed by atoms with Crippen LogP contribution < -0.4 is 5.32 Å². The van der Waals surface area contributed by atoms with Crippen LogP contribution >= 0.6 is 15.9 Å². The molecule has 152 valence electrons. The molecule has 5 rings (SSSR count). The second-order valence-electron chi connectivity index (χ2n) is 7.63. The van der Waals surface area contributed by atoms with Crippen molar-refractivity contribution in [2.45, 2.75) is 13.5 Å². The number of halogens is 1. The maximum atomic E-state index is 13.0. The van der Waals surface area contributed by atoms with Crippen LogP contribution in [0.2, 0.25) is 0 Å². The van der Waals surface area contributed by atoms with Crippen molar-refractivity contribution in [3.8, 4) is 11.3 Å². The van der Waals surface area contributed by atoms with Crippen LogP contribution in [0.1, 0.15) is 21.6 Å². The molecule has 0 aliphatic rings. The highest BCUT2D eigenvalue weighted by atomic mass is 79.9. The fourth-order valence-corrected chi connectivity index (χ4v) is 4.18. The van der Waals surface area contributed by atoms with Gasteiger partial charge in [0.15, 0.2) is 0 Å². The summed E-state index contributed by atoms with van der Waals surface area (Å²) < 4.78 is 0.963. The van der Waals surface area contributed by atoms with E-state index in [2.05, 4.69) is 32.3 Å². The average Bonchev–Trinajstić information content (AvgIpc) is 3.16. The summed E-state index contributed by atoms with van der Waals surface area (Å²) in [4.78, 5) is 21.3. The van der Waals surface area contributed by atoms with E-state index >= 15 is 0 Å². The van der Waals surface area contributed by atoms with E-state index in [0.717, 1.165) is 43.1 Å². The molecule has 2 heterocycles. The maximum Gasteiger partial charge on any atom is 0.270 e. The van der Waals surface area contributed by atoms with Crippen molar-refractivity contribution in [3.05, 3.63) is 100 Å². The third kappa shape index (κ3) is 3.84. The molecule has 2 N–H and O–H groups in total. The van der Waals surface area contributed by atoms with Gasteiger partial charge in [0.2, 0.25) is 0 Å². The molecule has 0 spiro atoms. The van der Waals surface area contributed by atoms with Crippen LogP contribution in [0.15, 0.2) is 83.3 Å². The lowest BCUT2D eigenvalue weighted by atomic mass is 10.1. The predicted octanol–water partition coefficient (Wildman–Crippen LogP) is 6.38. The number of benzene rings is 3. The average molecular weight is 470 g/mol. The summed E-state index contributed by atoms with van der Waals surface area (Å²) >= 11 is 3.54. The summed E-state index contributed by atoms with van der Waals surface area (Å²) in [6.07, 6.45) is 0. The molecule has 0 aliphatic heterocycles. The van der Waals surface area contributed by atoms with Gasteiger partial charge in [-0.2, -0.15) is 0 Å². The lowest BCUT2D eigenvalue weighted by Crippen LogP contribution is -2.24. The van der Waals surface area contributed by atoms with Crippen LogP contribution in [-0.4, -0.2) is 15.9 Å². The quantitative estimate of drug-likeness (QED) is 0.320. The minimum atomic E-state index is -0.191. The third-order valence-electron chi connectivity index (χ3n) is 5.40. The Morgan fingerprint density at radius 2 is 1.77 bits per heavy atom. The van der Waals surface area contributed by atoms with Crippen molar-refractivity contribution in [1.29, 1.82) is 0 Å². The smallest absolute Gasteiger partial charge is 0.270 e. The third-order valence-corrected chi connectivity index (χ3v) is 5.89. The molecule has 1 amide bonds. The topological polar surface area (TPSA) is 57.8 Å². The van der Waals surface area contributed by atoms with E-state index < -0.39 is 0 Å².